The summed E-state index contributed by atoms with van der Waals surface area (Å²) in [6, 6.07) is 26.1. The molecule has 0 aliphatic heterocycles. The molecular weight excluding hydrogens is 464 g/mol. The average molecular weight is 501 g/mol. The Labute approximate surface area is 219 Å². The summed E-state index contributed by atoms with van der Waals surface area (Å²) >= 11 is 1.52. The van der Waals surface area contributed by atoms with Gasteiger partial charge in [0.2, 0.25) is 11.8 Å². The van der Waals surface area contributed by atoms with Crippen LogP contribution < -0.4 is 5.32 Å². The third kappa shape index (κ3) is 7.47. The number of nitrogens with one attached hydrogen (secondary N) is 1. The van der Waals surface area contributed by atoms with E-state index < -0.39 is 6.04 Å². The molecule has 0 aromatic heterocycles. The van der Waals surface area contributed by atoms with E-state index in [1.165, 1.54) is 22.9 Å². The SMILES string of the molecule is Cc1ccc(CN(C(=O)CSc2ccc(C)cc2)C(Cc2ccccc2)C(=O)NC2CCCC2)cc1. The number of benzene rings is 3. The zero-order chi connectivity index (χ0) is 25.3. The number of hydrogen-bond acceptors (Lipinski definition) is 3. The predicted molar refractivity (Wildman–Crippen MR) is 148 cm³/mol. The minimum atomic E-state index is -0.569. The first-order valence-corrected chi connectivity index (χ1v) is 13.9. The Morgan fingerprint density at radius 1 is 0.861 bits per heavy atom. The van der Waals surface area contributed by atoms with E-state index >= 15 is 0 Å². The number of carbonyl (C=O) groups excluding carboxylic acids is 2. The standard InChI is InChI=1S/C31H36N2O2S/c1-23-12-16-26(17-13-23)21-33(30(34)22-36-28-18-14-24(2)15-19-28)29(20-25-8-4-3-5-9-25)31(35)32-27-10-6-7-11-27/h3-5,8-9,12-19,27,29H,6-7,10-11,20-22H2,1-2H3,(H,32,35). The molecule has 0 heterocycles. The topological polar surface area (TPSA) is 49.4 Å². The molecule has 1 fully saturated rings. The smallest absolute Gasteiger partial charge is 0.243 e. The van der Waals surface area contributed by atoms with Crippen LogP contribution in [0.4, 0.5) is 0 Å². The molecule has 0 radical (unpaired) electrons. The molecule has 188 valence electrons. The van der Waals surface area contributed by atoms with Gasteiger partial charge in [0.1, 0.15) is 6.04 Å². The van der Waals surface area contributed by atoms with Crippen molar-refractivity contribution in [1.29, 1.82) is 0 Å². The van der Waals surface area contributed by atoms with Crippen molar-refractivity contribution in [2.75, 3.05) is 5.75 Å². The van der Waals surface area contributed by atoms with Gasteiger partial charge in [0.15, 0.2) is 0 Å². The van der Waals surface area contributed by atoms with E-state index in [2.05, 4.69) is 55.6 Å². The highest BCUT2D eigenvalue weighted by atomic mass is 32.2. The largest absolute Gasteiger partial charge is 0.352 e. The first-order chi connectivity index (χ1) is 17.5. The maximum atomic E-state index is 13.8. The van der Waals surface area contributed by atoms with Gasteiger partial charge in [-0.1, -0.05) is 90.7 Å². The number of aryl methyl sites for hydroxylation is 2. The van der Waals surface area contributed by atoms with E-state index in [0.29, 0.717) is 13.0 Å². The molecule has 1 N–H and O–H groups in total. The maximum Gasteiger partial charge on any atom is 0.243 e. The normalized spacial score (nSPS) is 14.4. The first-order valence-electron chi connectivity index (χ1n) is 12.9. The molecule has 1 aliphatic carbocycles. The quantitative estimate of drug-likeness (QED) is 0.343. The second-order valence-electron chi connectivity index (χ2n) is 9.80. The van der Waals surface area contributed by atoms with Crippen LogP contribution in [0.1, 0.15) is 47.9 Å². The highest BCUT2D eigenvalue weighted by Gasteiger charge is 2.32. The molecule has 4 nitrogen and oxygen atoms in total. The predicted octanol–water partition coefficient (Wildman–Crippen LogP) is 6.09. The van der Waals surface area contributed by atoms with Crippen molar-refractivity contribution in [3.8, 4) is 0 Å². The van der Waals surface area contributed by atoms with Crippen molar-refractivity contribution in [2.45, 2.75) is 69.5 Å². The molecule has 1 aliphatic rings. The monoisotopic (exact) mass is 500 g/mol. The molecule has 4 rings (SSSR count). The Morgan fingerprint density at radius 2 is 1.47 bits per heavy atom. The minimum absolute atomic E-state index is 0.0244. The van der Waals surface area contributed by atoms with E-state index in [-0.39, 0.29) is 23.6 Å². The summed E-state index contributed by atoms with van der Waals surface area (Å²) in [7, 11) is 0. The zero-order valence-corrected chi connectivity index (χ0v) is 22.1. The number of rotatable bonds is 10. The Bertz CT molecular complexity index is 1120. The maximum absolute atomic E-state index is 13.8. The first kappa shape index (κ1) is 26.0. The Balaban J connectivity index is 1.59. The molecule has 5 heteroatoms. The van der Waals surface area contributed by atoms with Crippen LogP contribution in [0.15, 0.2) is 83.8 Å². The molecule has 36 heavy (non-hydrogen) atoms. The lowest BCUT2D eigenvalue weighted by Crippen LogP contribution is -2.52. The van der Waals surface area contributed by atoms with Gasteiger partial charge in [-0.3, -0.25) is 9.59 Å². The molecule has 3 aromatic carbocycles. The fraction of sp³-hybridized carbons (Fsp3) is 0.355. The third-order valence-corrected chi connectivity index (χ3v) is 7.83. The van der Waals surface area contributed by atoms with Crippen molar-refractivity contribution >= 4 is 23.6 Å². The van der Waals surface area contributed by atoms with Crippen LogP contribution in [-0.4, -0.2) is 34.6 Å². The second kappa shape index (κ2) is 12.8. The molecule has 1 saturated carbocycles. The van der Waals surface area contributed by atoms with Crippen molar-refractivity contribution in [3.05, 3.63) is 101 Å². The van der Waals surface area contributed by atoms with Crippen molar-refractivity contribution < 1.29 is 9.59 Å². The fourth-order valence-electron chi connectivity index (χ4n) is 4.67. The Morgan fingerprint density at radius 3 is 2.11 bits per heavy atom. The van der Waals surface area contributed by atoms with E-state index in [1.807, 2.05) is 42.5 Å². The number of carbonyl (C=O) groups is 2. The number of nitrogens with zero attached hydrogens (tertiary/aromatic N) is 1. The molecule has 0 bridgehead atoms. The summed E-state index contributed by atoms with van der Waals surface area (Å²) in [4.78, 5) is 30.3. The van der Waals surface area contributed by atoms with Crippen LogP contribution in [0.25, 0.3) is 0 Å². The number of thioether (sulfide) groups is 1. The lowest BCUT2D eigenvalue weighted by molar-refractivity contribution is -0.139. The van der Waals surface area contributed by atoms with Crippen LogP contribution in [0, 0.1) is 13.8 Å². The fourth-order valence-corrected chi connectivity index (χ4v) is 5.46. The van der Waals surface area contributed by atoms with Crippen LogP contribution in [0.3, 0.4) is 0 Å². The van der Waals surface area contributed by atoms with Gasteiger partial charge >= 0.3 is 0 Å². The molecule has 3 aromatic rings. The van der Waals surface area contributed by atoms with Crippen LogP contribution in [0.2, 0.25) is 0 Å². The summed E-state index contributed by atoms with van der Waals surface area (Å²) in [5.41, 5.74) is 4.45. The molecule has 1 unspecified atom stereocenters. The summed E-state index contributed by atoms with van der Waals surface area (Å²) in [5.74, 6) is 0.215. The summed E-state index contributed by atoms with van der Waals surface area (Å²) in [6.07, 6.45) is 4.81. The van der Waals surface area contributed by atoms with E-state index in [4.69, 9.17) is 0 Å². The van der Waals surface area contributed by atoms with Gasteiger partial charge in [0, 0.05) is 23.9 Å². The molecule has 0 spiro atoms. The van der Waals surface area contributed by atoms with Gasteiger partial charge in [-0.2, -0.15) is 0 Å². The lowest BCUT2D eigenvalue weighted by Gasteiger charge is -2.32. The van der Waals surface area contributed by atoms with E-state index in [9.17, 15) is 9.59 Å². The third-order valence-electron chi connectivity index (χ3n) is 6.83. The average Bonchev–Trinajstić information content (AvgIpc) is 3.40. The van der Waals surface area contributed by atoms with Gasteiger partial charge in [-0.15, -0.1) is 11.8 Å². The summed E-state index contributed by atoms with van der Waals surface area (Å²) < 4.78 is 0. The second-order valence-corrected chi connectivity index (χ2v) is 10.9. The highest BCUT2D eigenvalue weighted by Crippen LogP contribution is 2.23. The van der Waals surface area contributed by atoms with Gasteiger partial charge in [0.05, 0.1) is 5.75 Å². The Kier molecular flexibility index (Phi) is 9.23. The Hall–Kier alpha value is -3.05. The van der Waals surface area contributed by atoms with Gasteiger partial charge in [0.25, 0.3) is 0 Å². The van der Waals surface area contributed by atoms with Crippen molar-refractivity contribution in [1.82, 2.24) is 10.2 Å². The van der Waals surface area contributed by atoms with Gasteiger partial charge < -0.3 is 10.2 Å². The van der Waals surface area contributed by atoms with Gasteiger partial charge in [-0.25, -0.2) is 0 Å². The zero-order valence-electron chi connectivity index (χ0n) is 21.3. The highest BCUT2D eigenvalue weighted by molar-refractivity contribution is 8.00. The lowest BCUT2D eigenvalue weighted by atomic mass is 10.0. The van der Waals surface area contributed by atoms with Crippen LogP contribution in [0.5, 0.6) is 0 Å². The van der Waals surface area contributed by atoms with Gasteiger partial charge in [-0.05, 0) is 49.9 Å². The summed E-state index contributed by atoms with van der Waals surface area (Å²) in [5, 5.41) is 3.27. The summed E-state index contributed by atoms with van der Waals surface area (Å²) in [6.45, 7) is 4.52. The molecule has 0 saturated heterocycles. The number of hydrogen-bond donors (Lipinski definition) is 1. The number of amides is 2. The molecule has 2 amide bonds. The van der Waals surface area contributed by atoms with E-state index in [1.54, 1.807) is 4.90 Å². The van der Waals surface area contributed by atoms with Crippen LogP contribution in [-0.2, 0) is 22.6 Å². The van der Waals surface area contributed by atoms with Crippen LogP contribution >= 0.6 is 11.8 Å². The molecular formula is C31H36N2O2S. The van der Waals surface area contributed by atoms with Crippen molar-refractivity contribution in [2.24, 2.45) is 0 Å². The van der Waals surface area contributed by atoms with E-state index in [0.717, 1.165) is 41.7 Å². The minimum Gasteiger partial charge on any atom is -0.352 e. The van der Waals surface area contributed by atoms with Crippen molar-refractivity contribution in [3.63, 3.8) is 0 Å². The molecule has 1 atom stereocenters.